The number of pyridine rings is 1. The Morgan fingerprint density at radius 2 is 1.92 bits per heavy atom. The molecule has 3 rings (SSSR count). The van der Waals surface area contributed by atoms with Crippen LogP contribution >= 0.6 is 0 Å². The number of anilines is 2. The monoisotopic (exact) mass is 339 g/mol. The summed E-state index contributed by atoms with van der Waals surface area (Å²) in [6.45, 7) is 5.38. The molecule has 0 saturated heterocycles. The number of hydrogen-bond acceptors (Lipinski definition) is 8. The minimum absolute atomic E-state index is 0.416. The van der Waals surface area contributed by atoms with Crippen molar-refractivity contribution in [3.63, 3.8) is 0 Å². The quantitative estimate of drug-likeness (QED) is 0.646. The fourth-order valence-corrected chi connectivity index (χ4v) is 2.28. The van der Waals surface area contributed by atoms with Gasteiger partial charge in [-0.05, 0) is 30.5 Å². The predicted molar refractivity (Wildman–Crippen MR) is 95.3 cm³/mol. The van der Waals surface area contributed by atoms with E-state index in [0.29, 0.717) is 29.1 Å². The Hall–Kier alpha value is -3.03. The molecule has 0 atom stereocenters. The first kappa shape index (κ1) is 16.8. The highest BCUT2D eigenvalue weighted by Gasteiger charge is 2.14. The molecule has 130 valence electrons. The molecule has 0 unspecified atom stereocenters. The van der Waals surface area contributed by atoms with Crippen LogP contribution in [0.2, 0.25) is 0 Å². The van der Waals surface area contributed by atoms with Gasteiger partial charge in [0.15, 0.2) is 0 Å². The van der Waals surface area contributed by atoms with Crippen LogP contribution in [-0.2, 0) is 6.42 Å². The maximum absolute atomic E-state index is 5.50. The van der Waals surface area contributed by atoms with Gasteiger partial charge < -0.3 is 15.1 Å². The van der Waals surface area contributed by atoms with E-state index >= 15 is 0 Å². The molecule has 0 bridgehead atoms. The van der Waals surface area contributed by atoms with Gasteiger partial charge in [0.25, 0.3) is 5.89 Å². The molecule has 0 saturated carbocycles. The van der Waals surface area contributed by atoms with Gasteiger partial charge in [0.05, 0.1) is 5.56 Å². The third-order valence-corrected chi connectivity index (χ3v) is 3.53. The van der Waals surface area contributed by atoms with E-state index < -0.39 is 0 Å². The summed E-state index contributed by atoms with van der Waals surface area (Å²) >= 11 is 0. The lowest BCUT2D eigenvalue weighted by Crippen LogP contribution is -2.11. The van der Waals surface area contributed by atoms with Gasteiger partial charge in [0.2, 0.25) is 11.8 Å². The van der Waals surface area contributed by atoms with Crippen LogP contribution in [-0.4, -0.2) is 38.2 Å². The Morgan fingerprint density at radius 3 is 2.64 bits per heavy atom. The fraction of sp³-hybridized carbons (Fsp3) is 0.353. The molecule has 0 amide bonds. The average Bonchev–Trinajstić information content (AvgIpc) is 3.07. The summed E-state index contributed by atoms with van der Waals surface area (Å²) in [5.41, 5.74) is 1.92. The van der Waals surface area contributed by atoms with Gasteiger partial charge in [-0.1, -0.05) is 6.92 Å². The number of rotatable bonds is 8. The third kappa shape index (κ3) is 4.50. The SMILES string of the molecule is CCCNc1nc(NCCc2ccncc2)ncc1-c1nnc(C)o1. The van der Waals surface area contributed by atoms with E-state index in [1.807, 2.05) is 12.1 Å². The molecule has 8 nitrogen and oxygen atoms in total. The van der Waals surface area contributed by atoms with E-state index in [1.165, 1.54) is 5.56 Å². The Morgan fingerprint density at radius 1 is 1.08 bits per heavy atom. The summed E-state index contributed by atoms with van der Waals surface area (Å²) in [7, 11) is 0. The van der Waals surface area contributed by atoms with Gasteiger partial charge in [-0.25, -0.2) is 4.98 Å². The van der Waals surface area contributed by atoms with E-state index in [4.69, 9.17) is 4.42 Å². The molecule has 2 N–H and O–H groups in total. The van der Waals surface area contributed by atoms with Crippen molar-refractivity contribution in [2.75, 3.05) is 23.7 Å². The van der Waals surface area contributed by atoms with Crippen LogP contribution in [0.15, 0.2) is 35.1 Å². The van der Waals surface area contributed by atoms with Gasteiger partial charge in [-0.2, -0.15) is 4.98 Å². The molecule has 0 aliphatic carbocycles. The first-order valence-electron chi connectivity index (χ1n) is 8.30. The van der Waals surface area contributed by atoms with Gasteiger partial charge in [0.1, 0.15) is 5.82 Å². The number of nitrogens with one attached hydrogen (secondary N) is 2. The molecular formula is C17H21N7O. The van der Waals surface area contributed by atoms with Crippen molar-refractivity contribution >= 4 is 11.8 Å². The Labute approximate surface area is 146 Å². The van der Waals surface area contributed by atoms with E-state index in [0.717, 1.165) is 25.9 Å². The maximum atomic E-state index is 5.50. The third-order valence-electron chi connectivity index (χ3n) is 3.53. The van der Waals surface area contributed by atoms with Crippen LogP contribution < -0.4 is 10.6 Å². The van der Waals surface area contributed by atoms with Gasteiger partial charge in [0, 0.05) is 38.6 Å². The fourth-order valence-electron chi connectivity index (χ4n) is 2.28. The first-order chi connectivity index (χ1) is 12.3. The van der Waals surface area contributed by atoms with Crippen LogP contribution in [0.1, 0.15) is 24.8 Å². The molecule has 3 aromatic heterocycles. The van der Waals surface area contributed by atoms with Crippen LogP contribution in [0.3, 0.4) is 0 Å². The predicted octanol–water partition coefficient (Wildman–Crippen LogP) is 2.71. The van der Waals surface area contributed by atoms with Crippen LogP contribution in [0.25, 0.3) is 11.5 Å². The van der Waals surface area contributed by atoms with Crippen molar-refractivity contribution in [2.24, 2.45) is 0 Å². The molecule has 0 aromatic carbocycles. The van der Waals surface area contributed by atoms with E-state index in [9.17, 15) is 0 Å². The highest BCUT2D eigenvalue weighted by Crippen LogP contribution is 2.25. The topological polar surface area (TPSA) is 102 Å². The molecule has 3 heterocycles. The zero-order valence-corrected chi connectivity index (χ0v) is 14.4. The van der Waals surface area contributed by atoms with E-state index in [-0.39, 0.29) is 0 Å². The molecule has 0 aliphatic heterocycles. The summed E-state index contributed by atoms with van der Waals surface area (Å²) in [5.74, 6) is 2.18. The van der Waals surface area contributed by atoms with Crippen LogP contribution in [0.4, 0.5) is 11.8 Å². The molecule has 25 heavy (non-hydrogen) atoms. The van der Waals surface area contributed by atoms with E-state index in [1.54, 1.807) is 25.5 Å². The molecule has 0 aliphatic rings. The van der Waals surface area contributed by atoms with Crippen molar-refractivity contribution < 1.29 is 4.42 Å². The van der Waals surface area contributed by atoms with Crippen molar-refractivity contribution in [1.82, 2.24) is 25.1 Å². The zero-order valence-electron chi connectivity index (χ0n) is 14.4. The van der Waals surface area contributed by atoms with Gasteiger partial charge >= 0.3 is 0 Å². The number of nitrogens with zero attached hydrogens (tertiary/aromatic N) is 5. The lowest BCUT2D eigenvalue weighted by molar-refractivity contribution is 0.532. The molecule has 8 heteroatoms. The Balaban J connectivity index is 1.72. The number of aryl methyl sites for hydroxylation is 1. The lowest BCUT2D eigenvalue weighted by Gasteiger charge is -2.10. The zero-order chi connectivity index (χ0) is 17.5. The van der Waals surface area contributed by atoms with Crippen molar-refractivity contribution in [3.05, 3.63) is 42.2 Å². The molecule has 0 spiro atoms. The highest BCUT2D eigenvalue weighted by molar-refractivity contribution is 5.69. The Kier molecular flexibility index (Phi) is 5.50. The molecular weight excluding hydrogens is 318 g/mol. The summed E-state index contributed by atoms with van der Waals surface area (Å²) in [6.07, 6.45) is 7.14. The second-order valence-electron chi connectivity index (χ2n) is 5.54. The summed E-state index contributed by atoms with van der Waals surface area (Å²) in [6, 6.07) is 4.00. The van der Waals surface area contributed by atoms with Crippen LogP contribution in [0.5, 0.6) is 0 Å². The Bertz CT molecular complexity index is 804. The highest BCUT2D eigenvalue weighted by atomic mass is 16.4. The number of aromatic nitrogens is 5. The second kappa shape index (κ2) is 8.18. The normalized spacial score (nSPS) is 10.6. The van der Waals surface area contributed by atoms with Crippen LogP contribution in [0, 0.1) is 6.92 Å². The average molecular weight is 339 g/mol. The first-order valence-corrected chi connectivity index (χ1v) is 8.30. The summed E-state index contributed by atoms with van der Waals surface area (Å²) in [4.78, 5) is 12.9. The minimum atomic E-state index is 0.416. The van der Waals surface area contributed by atoms with E-state index in [2.05, 4.69) is 42.7 Å². The summed E-state index contributed by atoms with van der Waals surface area (Å²) in [5, 5.41) is 14.5. The largest absolute Gasteiger partial charge is 0.421 e. The number of hydrogen-bond donors (Lipinski definition) is 2. The van der Waals surface area contributed by atoms with Gasteiger partial charge in [-0.3, -0.25) is 4.98 Å². The molecule has 0 radical (unpaired) electrons. The van der Waals surface area contributed by atoms with Crippen molar-refractivity contribution in [2.45, 2.75) is 26.7 Å². The second-order valence-corrected chi connectivity index (χ2v) is 5.54. The van der Waals surface area contributed by atoms with Crippen molar-refractivity contribution in [1.29, 1.82) is 0 Å². The molecule has 0 fully saturated rings. The maximum Gasteiger partial charge on any atom is 0.253 e. The standard InChI is InChI=1S/C17H21N7O/c1-3-7-19-15-14(16-24-23-12(2)25-16)11-21-17(22-15)20-10-6-13-4-8-18-9-5-13/h4-5,8-9,11H,3,6-7,10H2,1-2H3,(H2,19,20,21,22). The molecule has 3 aromatic rings. The lowest BCUT2D eigenvalue weighted by atomic mass is 10.2. The van der Waals surface area contributed by atoms with Gasteiger partial charge in [-0.15, -0.1) is 10.2 Å². The summed E-state index contributed by atoms with van der Waals surface area (Å²) < 4.78 is 5.50. The smallest absolute Gasteiger partial charge is 0.253 e. The minimum Gasteiger partial charge on any atom is -0.421 e. The van der Waals surface area contributed by atoms with Crippen molar-refractivity contribution in [3.8, 4) is 11.5 Å².